The summed E-state index contributed by atoms with van der Waals surface area (Å²) >= 11 is 0. The summed E-state index contributed by atoms with van der Waals surface area (Å²) in [6.07, 6.45) is 2.37. The van der Waals surface area contributed by atoms with Gasteiger partial charge in [-0.25, -0.2) is 4.99 Å². The van der Waals surface area contributed by atoms with Gasteiger partial charge in [0.05, 0.1) is 0 Å². The molecule has 126 valence electrons. The SMILES string of the molecule is CCNC(=NCC(=O)NCc1ccccc1)N1CCC(C)CC1. The van der Waals surface area contributed by atoms with E-state index in [-0.39, 0.29) is 12.5 Å². The molecule has 1 heterocycles. The van der Waals surface area contributed by atoms with Crippen LogP contribution in [-0.4, -0.2) is 42.9 Å². The molecule has 5 nitrogen and oxygen atoms in total. The number of hydrogen-bond acceptors (Lipinski definition) is 2. The molecule has 0 saturated carbocycles. The third-order valence-corrected chi connectivity index (χ3v) is 4.12. The van der Waals surface area contributed by atoms with Crippen molar-refractivity contribution in [1.82, 2.24) is 15.5 Å². The molecular weight excluding hydrogens is 288 g/mol. The maximum atomic E-state index is 12.0. The van der Waals surface area contributed by atoms with Gasteiger partial charge >= 0.3 is 0 Å². The maximum Gasteiger partial charge on any atom is 0.242 e. The highest BCUT2D eigenvalue weighted by atomic mass is 16.1. The molecule has 1 aromatic carbocycles. The van der Waals surface area contributed by atoms with Crippen molar-refractivity contribution in [1.29, 1.82) is 0 Å². The second-order valence-electron chi connectivity index (χ2n) is 6.10. The van der Waals surface area contributed by atoms with E-state index in [1.165, 1.54) is 12.8 Å². The molecule has 23 heavy (non-hydrogen) atoms. The van der Waals surface area contributed by atoms with Crippen LogP contribution in [0, 0.1) is 5.92 Å². The van der Waals surface area contributed by atoms with Gasteiger partial charge in [0.15, 0.2) is 5.96 Å². The molecule has 0 aromatic heterocycles. The molecule has 2 rings (SSSR count). The molecule has 1 aliphatic rings. The van der Waals surface area contributed by atoms with Crippen LogP contribution >= 0.6 is 0 Å². The van der Waals surface area contributed by atoms with Crippen molar-refractivity contribution in [2.75, 3.05) is 26.2 Å². The predicted octanol–water partition coefficient (Wildman–Crippen LogP) is 2.00. The first-order valence-corrected chi connectivity index (χ1v) is 8.53. The van der Waals surface area contributed by atoms with E-state index < -0.39 is 0 Å². The monoisotopic (exact) mass is 316 g/mol. The van der Waals surface area contributed by atoms with Crippen LogP contribution in [0.25, 0.3) is 0 Å². The number of nitrogens with zero attached hydrogens (tertiary/aromatic N) is 2. The Kier molecular flexibility index (Phi) is 6.91. The van der Waals surface area contributed by atoms with Gasteiger partial charge in [0, 0.05) is 26.2 Å². The topological polar surface area (TPSA) is 56.7 Å². The van der Waals surface area contributed by atoms with Crippen LogP contribution in [0.2, 0.25) is 0 Å². The molecule has 1 fully saturated rings. The molecule has 0 atom stereocenters. The Hall–Kier alpha value is -2.04. The van der Waals surface area contributed by atoms with Gasteiger partial charge in [0.2, 0.25) is 5.91 Å². The van der Waals surface area contributed by atoms with E-state index >= 15 is 0 Å². The first kappa shape index (κ1) is 17.3. The zero-order chi connectivity index (χ0) is 16.5. The Morgan fingerprint density at radius 1 is 1.22 bits per heavy atom. The van der Waals surface area contributed by atoms with Crippen LogP contribution in [0.1, 0.15) is 32.3 Å². The smallest absolute Gasteiger partial charge is 0.242 e. The molecule has 1 amide bonds. The summed E-state index contributed by atoms with van der Waals surface area (Å²) < 4.78 is 0. The number of amides is 1. The summed E-state index contributed by atoms with van der Waals surface area (Å²) in [5, 5.41) is 6.21. The zero-order valence-electron chi connectivity index (χ0n) is 14.2. The molecule has 1 aliphatic heterocycles. The molecule has 5 heteroatoms. The maximum absolute atomic E-state index is 12.0. The Labute approximate surface area is 139 Å². The third-order valence-electron chi connectivity index (χ3n) is 4.12. The molecule has 1 saturated heterocycles. The average Bonchev–Trinajstić information content (AvgIpc) is 2.58. The van der Waals surface area contributed by atoms with Crippen LogP contribution in [0.5, 0.6) is 0 Å². The van der Waals surface area contributed by atoms with Gasteiger partial charge < -0.3 is 15.5 Å². The lowest BCUT2D eigenvalue weighted by Gasteiger charge is -2.32. The number of hydrogen-bond donors (Lipinski definition) is 2. The van der Waals surface area contributed by atoms with Gasteiger partial charge in [0.1, 0.15) is 6.54 Å². The Balaban J connectivity index is 1.83. The standard InChI is InChI=1S/C18H28N4O/c1-3-19-18(22-11-9-15(2)10-12-22)21-14-17(23)20-13-16-7-5-4-6-8-16/h4-8,15H,3,9-14H2,1-2H3,(H,19,21)(H,20,23). The Bertz CT molecular complexity index is 507. The molecule has 0 unspecified atom stereocenters. The fourth-order valence-electron chi connectivity index (χ4n) is 2.65. The minimum absolute atomic E-state index is 0.0466. The summed E-state index contributed by atoms with van der Waals surface area (Å²) in [4.78, 5) is 18.7. The largest absolute Gasteiger partial charge is 0.357 e. The van der Waals surface area contributed by atoms with Crippen molar-refractivity contribution in [3.05, 3.63) is 35.9 Å². The fraction of sp³-hybridized carbons (Fsp3) is 0.556. The van der Waals surface area contributed by atoms with Crippen molar-refractivity contribution in [2.45, 2.75) is 33.2 Å². The van der Waals surface area contributed by atoms with Gasteiger partial charge in [-0.3, -0.25) is 4.79 Å². The minimum atomic E-state index is -0.0466. The number of aliphatic imine (C=N–C) groups is 1. The summed E-state index contributed by atoms with van der Waals surface area (Å²) in [7, 11) is 0. The first-order chi connectivity index (χ1) is 11.2. The van der Waals surface area contributed by atoms with Crippen molar-refractivity contribution < 1.29 is 4.79 Å². The van der Waals surface area contributed by atoms with E-state index in [4.69, 9.17) is 0 Å². The number of nitrogens with one attached hydrogen (secondary N) is 2. The second-order valence-corrected chi connectivity index (χ2v) is 6.10. The van der Waals surface area contributed by atoms with E-state index in [1.807, 2.05) is 30.3 Å². The summed E-state index contributed by atoms with van der Waals surface area (Å²) in [5.41, 5.74) is 1.10. The van der Waals surface area contributed by atoms with Crippen molar-refractivity contribution in [2.24, 2.45) is 10.9 Å². The molecule has 0 radical (unpaired) electrons. The van der Waals surface area contributed by atoms with E-state index in [0.29, 0.717) is 6.54 Å². The molecule has 2 N–H and O–H groups in total. The minimum Gasteiger partial charge on any atom is -0.357 e. The highest BCUT2D eigenvalue weighted by Gasteiger charge is 2.18. The lowest BCUT2D eigenvalue weighted by Crippen LogP contribution is -2.45. The summed E-state index contributed by atoms with van der Waals surface area (Å²) in [5.74, 6) is 1.59. The van der Waals surface area contributed by atoms with Crippen LogP contribution < -0.4 is 10.6 Å². The molecule has 0 spiro atoms. The fourth-order valence-corrected chi connectivity index (χ4v) is 2.65. The van der Waals surface area contributed by atoms with Gasteiger partial charge in [-0.15, -0.1) is 0 Å². The molecular formula is C18H28N4O. The quantitative estimate of drug-likeness (QED) is 0.645. The number of piperidine rings is 1. The van der Waals surface area contributed by atoms with Crippen LogP contribution in [0.3, 0.4) is 0 Å². The number of carbonyl (C=O) groups excluding carboxylic acids is 1. The Morgan fingerprint density at radius 2 is 1.91 bits per heavy atom. The first-order valence-electron chi connectivity index (χ1n) is 8.53. The van der Waals surface area contributed by atoms with E-state index in [0.717, 1.165) is 37.1 Å². The molecule has 1 aromatic rings. The van der Waals surface area contributed by atoms with Gasteiger partial charge in [-0.05, 0) is 31.2 Å². The van der Waals surface area contributed by atoms with Gasteiger partial charge in [-0.1, -0.05) is 37.3 Å². The molecule has 0 aliphatic carbocycles. The van der Waals surface area contributed by atoms with Crippen molar-refractivity contribution in [3.8, 4) is 0 Å². The van der Waals surface area contributed by atoms with Crippen molar-refractivity contribution in [3.63, 3.8) is 0 Å². The highest BCUT2D eigenvalue weighted by molar-refractivity contribution is 5.85. The average molecular weight is 316 g/mol. The number of benzene rings is 1. The van der Waals surface area contributed by atoms with Crippen LogP contribution in [0.4, 0.5) is 0 Å². The van der Waals surface area contributed by atoms with Gasteiger partial charge in [0.25, 0.3) is 0 Å². The van der Waals surface area contributed by atoms with Crippen molar-refractivity contribution >= 4 is 11.9 Å². The number of likely N-dealkylation sites (tertiary alicyclic amines) is 1. The second kappa shape index (κ2) is 9.18. The van der Waals surface area contributed by atoms with Gasteiger partial charge in [-0.2, -0.15) is 0 Å². The normalized spacial score (nSPS) is 16.3. The Morgan fingerprint density at radius 3 is 2.57 bits per heavy atom. The lowest BCUT2D eigenvalue weighted by atomic mass is 10.00. The van der Waals surface area contributed by atoms with Crippen LogP contribution in [-0.2, 0) is 11.3 Å². The van der Waals surface area contributed by atoms with Crippen LogP contribution in [0.15, 0.2) is 35.3 Å². The lowest BCUT2D eigenvalue weighted by molar-refractivity contribution is -0.119. The highest BCUT2D eigenvalue weighted by Crippen LogP contribution is 2.15. The number of guanidine groups is 1. The number of rotatable bonds is 5. The van der Waals surface area contributed by atoms with E-state index in [1.54, 1.807) is 0 Å². The summed E-state index contributed by atoms with van der Waals surface area (Å²) in [6.45, 7) is 7.90. The van der Waals surface area contributed by atoms with E-state index in [2.05, 4.69) is 34.4 Å². The predicted molar refractivity (Wildman–Crippen MR) is 94.2 cm³/mol. The summed E-state index contributed by atoms with van der Waals surface area (Å²) in [6, 6.07) is 9.92. The van der Waals surface area contributed by atoms with E-state index in [9.17, 15) is 4.79 Å². The number of carbonyl (C=O) groups is 1. The molecule has 0 bridgehead atoms. The zero-order valence-corrected chi connectivity index (χ0v) is 14.2. The third kappa shape index (κ3) is 5.93.